The van der Waals surface area contributed by atoms with Gasteiger partial charge >= 0.3 is 0 Å². The molecule has 1 aromatic heterocycles. The molecule has 0 radical (unpaired) electrons. The first-order valence-electron chi connectivity index (χ1n) is 7.10. The molecule has 1 aromatic rings. The zero-order chi connectivity index (χ0) is 13.7. The van der Waals surface area contributed by atoms with E-state index in [-0.39, 0.29) is 12.1 Å². The van der Waals surface area contributed by atoms with Gasteiger partial charge in [-0.05, 0) is 43.0 Å². The number of nitrogens with zero attached hydrogens (tertiary/aromatic N) is 1. The number of rotatable bonds is 4. The number of nitrogens with one attached hydrogen (secondary N) is 1. The highest BCUT2D eigenvalue weighted by molar-refractivity contribution is 7.10. The number of carbonyl (C=O) groups excluding carboxylic acids is 1. The Labute approximate surface area is 119 Å². The molecule has 0 aromatic carbocycles. The summed E-state index contributed by atoms with van der Waals surface area (Å²) in [7, 11) is 0. The van der Waals surface area contributed by atoms with Gasteiger partial charge in [-0.25, -0.2) is 0 Å². The molecule has 2 unspecified atom stereocenters. The van der Waals surface area contributed by atoms with Crippen molar-refractivity contribution in [3.8, 4) is 0 Å². The van der Waals surface area contributed by atoms with Crippen LogP contribution in [-0.2, 0) is 4.79 Å². The van der Waals surface area contributed by atoms with Gasteiger partial charge in [0.15, 0.2) is 0 Å². The van der Waals surface area contributed by atoms with E-state index in [0.29, 0.717) is 5.41 Å². The predicted octanol–water partition coefficient (Wildman–Crippen LogP) is 3.15. The van der Waals surface area contributed by atoms with E-state index in [2.05, 4.69) is 41.6 Å². The molecule has 1 amide bonds. The first-order chi connectivity index (χ1) is 8.97. The van der Waals surface area contributed by atoms with Crippen LogP contribution >= 0.6 is 11.3 Å². The first-order valence-corrected chi connectivity index (χ1v) is 7.98. The summed E-state index contributed by atoms with van der Waals surface area (Å²) in [5.41, 5.74) is -0.0499. The standard InChI is InChI=1S/C15H22N2OS/c1-4-15(3)13(18)17(10-14(2)7-8-14)12(16-15)11-6-5-9-19-11/h5-6,9,12,16H,4,7-8,10H2,1-3H3. The zero-order valence-corrected chi connectivity index (χ0v) is 12.7. The van der Waals surface area contributed by atoms with Crippen molar-refractivity contribution in [3.05, 3.63) is 22.4 Å². The first kappa shape index (κ1) is 13.1. The highest BCUT2D eigenvalue weighted by Gasteiger charge is 2.51. The van der Waals surface area contributed by atoms with E-state index in [9.17, 15) is 4.79 Å². The summed E-state index contributed by atoms with van der Waals surface area (Å²) in [6.07, 6.45) is 3.39. The fourth-order valence-corrected chi connectivity index (χ4v) is 3.53. The molecule has 1 aliphatic heterocycles. The molecule has 0 spiro atoms. The summed E-state index contributed by atoms with van der Waals surface area (Å²) in [4.78, 5) is 16.1. The molecule has 1 aliphatic carbocycles. The van der Waals surface area contributed by atoms with Crippen molar-refractivity contribution in [1.82, 2.24) is 10.2 Å². The van der Waals surface area contributed by atoms with Gasteiger partial charge in [-0.2, -0.15) is 0 Å². The van der Waals surface area contributed by atoms with Crippen LogP contribution in [0.25, 0.3) is 0 Å². The van der Waals surface area contributed by atoms with E-state index >= 15 is 0 Å². The lowest BCUT2D eigenvalue weighted by atomic mass is 9.99. The molecule has 2 aliphatic rings. The van der Waals surface area contributed by atoms with E-state index < -0.39 is 5.54 Å². The van der Waals surface area contributed by atoms with E-state index in [1.807, 2.05) is 6.92 Å². The van der Waals surface area contributed by atoms with Crippen LogP contribution in [0, 0.1) is 5.41 Å². The Bertz CT molecular complexity index is 480. The Morgan fingerprint density at radius 3 is 2.74 bits per heavy atom. The summed E-state index contributed by atoms with van der Waals surface area (Å²) in [6.45, 7) is 7.29. The van der Waals surface area contributed by atoms with Crippen molar-refractivity contribution in [3.63, 3.8) is 0 Å². The second-order valence-electron chi connectivity index (χ2n) is 6.49. The van der Waals surface area contributed by atoms with Gasteiger partial charge in [0.2, 0.25) is 5.91 Å². The minimum atomic E-state index is -0.403. The maximum atomic E-state index is 12.7. The van der Waals surface area contributed by atoms with Crippen LogP contribution < -0.4 is 5.32 Å². The maximum Gasteiger partial charge on any atom is 0.244 e. The largest absolute Gasteiger partial charge is 0.320 e. The molecular weight excluding hydrogens is 256 g/mol. The molecule has 104 valence electrons. The maximum absolute atomic E-state index is 12.7. The molecule has 19 heavy (non-hydrogen) atoms. The lowest BCUT2D eigenvalue weighted by molar-refractivity contribution is -0.133. The molecule has 1 saturated carbocycles. The molecule has 3 rings (SSSR count). The topological polar surface area (TPSA) is 32.3 Å². The molecule has 3 nitrogen and oxygen atoms in total. The van der Waals surface area contributed by atoms with Gasteiger partial charge < -0.3 is 4.90 Å². The van der Waals surface area contributed by atoms with Crippen molar-refractivity contribution in [2.24, 2.45) is 5.41 Å². The second-order valence-corrected chi connectivity index (χ2v) is 7.47. The molecule has 0 bridgehead atoms. The Hall–Kier alpha value is -0.870. The normalized spacial score (nSPS) is 32.9. The highest BCUT2D eigenvalue weighted by Crippen LogP contribution is 2.48. The highest BCUT2D eigenvalue weighted by atomic mass is 32.1. The fourth-order valence-electron chi connectivity index (χ4n) is 2.75. The van der Waals surface area contributed by atoms with Crippen LogP contribution in [0.2, 0.25) is 0 Å². The van der Waals surface area contributed by atoms with Crippen LogP contribution in [0.1, 0.15) is 51.1 Å². The molecule has 2 fully saturated rings. The zero-order valence-electron chi connectivity index (χ0n) is 11.9. The van der Waals surface area contributed by atoms with Crippen molar-refractivity contribution < 1.29 is 4.79 Å². The number of carbonyl (C=O) groups is 1. The molecule has 2 atom stereocenters. The van der Waals surface area contributed by atoms with Gasteiger partial charge in [0.05, 0.1) is 5.54 Å². The third-order valence-corrected chi connectivity index (χ3v) is 5.60. The average Bonchev–Trinajstić information content (AvgIpc) is 2.82. The van der Waals surface area contributed by atoms with E-state index in [1.54, 1.807) is 11.3 Å². The van der Waals surface area contributed by atoms with Crippen LogP contribution in [0.4, 0.5) is 0 Å². The third kappa shape index (κ3) is 2.21. The van der Waals surface area contributed by atoms with Crippen molar-refractivity contribution in [2.75, 3.05) is 6.54 Å². The summed E-state index contributed by atoms with van der Waals surface area (Å²) in [5.74, 6) is 0.265. The van der Waals surface area contributed by atoms with Crippen LogP contribution in [-0.4, -0.2) is 22.9 Å². The summed E-state index contributed by atoms with van der Waals surface area (Å²) in [6, 6.07) is 4.18. The van der Waals surface area contributed by atoms with Gasteiger partial charge in [-0.15, -0.1) is 11.3 Å². The Morgan fingerprint density at radius 1 is 1.47 bits per heavy atom. The SMILES string of the molecule is CCC1(C)NC(c2cccs2)N(CC2(C)CC2)C1=O. The predicted molar refractivity (Wildman–Crippen MR) is 77.9 cm³/mol. The molecule has 2 heterocycles. The minimum absolute atomic E-state index is 0.0647. The summed E-state index contributed by atoms with van der Waals surface area (Å²) in [5, 5.41) is 5.64. The van der Waals surface area contributed by atoms with Gasteiger partial charge in [0, 0.05) is 11.4 Å². The summed E-state index contributed by atoms with van der Waals surface area (Å²) >= 11 is 1.73. The number of thiophene rings is 1. The van der Waals surface area contributed by atoms with Crippen LogP contribution in [0.5, 0.6) is 0 Å². The minimum Gasteiger partial charge on any atom is -0.320 e. The van der Waals surface area contributed by atoms with Gasteiger partial charge in [0.25, 0.3) is 0 Å². The smallest absolute Gasteiger partial charge is 0.244 e. The van der Waals surface area contributed by atoms with Crippen molar-refractivity contribution in [2.45, 2.75) is 51.7 Å². The third-order valence-electron chi connectivity index (χ3n) is 4.68. The van der Waals surface area contributed by atoms with Gasteiger partial charge in [0.1, 0.15) is 6.17 Å². The molecule has 1 saturated heterocycles. The number of hydrogen-bond donors (Lipinski definition) is 1. The fraction of sp³-hybridized carbons (Fsp3) is 0.667. The van der Waals surface area contributed by atoms with Crippen LogP contribution in [0.3, 0.4) is 0 Å². The quantitative estimate of drug-likeness (QED) is 0.917. The van der Waals surface area contributed by atoms with Crippen LogP contribution in [0.15, 0.2) is 17.5 Å². The lowest BCUT2D eigenvalue weighted by Gasteiger charge is -2.26. The Kier molecular flexibility index (Phi) is 2.98. The summed E-state index contributed by atoms with van der Waals surface area (Å²) < 4.78 is 0. The lowest BCUT2D eigenvalue weighted by Crippen LogP contribution is -2.43. The Balaban J connectivity index is 1.89. The van der Waals surface area contributed by atoms with Crippen molar-refractivity contribution in [1.29, 1.82) is 0 Å². The molecule has 4 heteroatoms. The number of amides is 1. The van der Waals surface area contributed by atoms with Gasteiger partial charge in [-0.3, -0.25) is 10.1 Å². The Morgan fingerprint density at radius 2 is 2.21 bits per heavy atom. The average molecular weight is 278 g/mol. The van der Waals surface area contributed by atoms with Crippen molar-refractivity contribution >= 4 is 17.2 Å². The molecule has 1 N–H and O–H groups in total. The second kappa shape index (κ2) is 4.32. The van der Waals surface area contributed by atoms with E-state index in [1.165, 1.54) is 17.7 Å². The van der Waals surface area contributed by atoms with E-state index in [0.717, 1.165) is 13.0 Å². The number of hydrogen-bond acceptors (Lipinski definition) is 3. The molecular formula is C15H22N2OS. The van der Waals surface area contributed by atoms with Gasteiger partial charge in [-0.1, -0.05) is 19.9 Å². The van der Waals surface area contributed by atoms with E-state index in [4.69, 9.17) is 0 Å². The monoisotopic (exact) mass is 278 g/mol.